The fourth-order valence-electron chi connectivity index (χ4n) is 17.5. The van der Waals surface area contributed by atoms with Gasteiger partial charge in [-0.05, 0) is 158 Å². The molecule has 0 spiro atoms. The van der Waals surface area contributed by atoms with Crippen LogP contribution in [0.15, 0.2) is 400 Å². The van der Waals surface area contributed by atoms with E-state index in [1.54, 1.807) is 35.3 Å². The van der Waals surface area contributed by atoms with Crippen LogP contribution >= 0.6 is 35.3 Å². The number of para-hydroxylation sites is 7. The molecule has 16 nitrogen and oxygen atoms in total. The predicted molar refractivity (Wildman–Crippen MR) is 515 cm³/mol. The molecule has 15 aromatic carbocycles. The van der Waals surface area contributed by atoms with Gasteiger partial charge < -0.3 is 13.6 Å². The molecule has 10 heterocycles. The molecule has 610 valence electrons. The van der Waals surface area contributed by atoms with E-state index in [9.17, 15) is 0 Å². The van der Waals surface area contributed by atoms with E-state index >= 15 is 0 Å². The SMILES string of the molecule is CC1(C)c2cc(-c3cccc(-c4nc(-c5ccccc5)nc(-c5ccccc5)n4)c3)ccc2Sc2nc3ccccc3n21.CC1(C)c2ccc(-c3cccc(-c4nc(-c5ccccc5)nc(-c5ccccc5)n4)c3)cc2Sc2nc3ccccc3n21.c1ccc(-c2nc(-c3ccc4c(c3)-n3c(nc5ccccc53)SC4)nc(-c3ccc4c(c3)oc3ccccc34)n2)cc1. The van der Waals surface area contributed by atoms with Crippen LogP contribution < -0.4 is 0 Å². The van der Waals surface area contributed by atoms with Crippen molar-refractivity contribution in [3.63, 3.8) is 0 Å². The summed E-state index contributed by atoms with van der Waals surface area (Å²) in [5, 5.41) is 5.23. The van der Waals surface area contributed by atoms with E-state index in [0.29, 0.717) is 52.4 Å². The van der Waals surface area contributed by atoms with Gasteiger partial charge in [-0.3, -0.25) is 4.57 Å². The van der Waals surface area contributed by atoms with E-state index in [0.717, 1.165) is 149 Å². The summed E-state index contributed by atoms with van der Waals surface area (Å²) in [5.41, 5.74) is 25.6. The molecular formula is C109H75N15OS3. The quantitative estimate of drug-likeness (QED) is 0.119. The highest BCUT2D eigenvalue weighted by Gasteiger charge is 2.38. The first-order chi connectivity index (χ1) is 62.9. The molecule has 0 fully saturated rings. The summed E-state index contributed by atoms with van der Waals surface area (Å²) in [6.07, 6.45) is 0. The molecule has 25 rings (SSSR count). The van der Waals surface area contributed by atoms with E-state index in [-0.39, 0.29) is 11.1 Å². The summed E-state index contributed by atoms with van der Waals surface area (Å²) < 4.78 is 13.2. The van der Waals surface area contributed by atoms with Gasteiger partial charge in [0.25, 0.3) is 0 Å². The van der Waals surface area contributed by atoms with Crippen LogP contribution in [0.25, 0.3) is 185 Å². The van der Waals surface area contributed by atoms with Crippen molar-refractivity contribution in [1.29, 1.82) is 0 Å². The second-order valence-corrected chi connectivity index (χ2v) is 35.7. The Bertz CT molecular complexity index is 7980. The lowest BCUT2D eigenvalue weighted by Gasteiger charge is -2.35. The fraction of sp³-hybridized carbons (Fsp3) is 0.0642. The highest BCUT2D eigenvalue weighted by Crippen LogP contribution is 2.51. The molecule has 128 heavy (non-hydrogen) atoms. The summed E-state index contributed by atoms with van der Waals surface area (Å²) in [7, 11) is 0. The Labute approximate surface area is 749 Å². The third-order valence-electron chi connectivity index (χ3n) is 23.9. The number of rotatable bonds is 11. The first-order valence-electron chi connectivity index (χ1n) is 42.4. The molecule has 0 saturated heterocycles. The van der Waals surface area contributed by atoms with E-state index in [1.165, 1.54) is 32.0 Å². The monoisotopic (exact) mass is 1710 g/mol. The summed E-state index contributed by atoms with van der Waals surface area (Å²) in [6, 6.07) is 127. The lowest BCUT2D eigenvalue weighted by Crippen LogP contribution is -2.31. The molecule has 0 amide bonds. The van der Waals surface area contributed by atoms with Crippen molar-refractivity contribution in [3.8, 4) is 130 Å². The maximum Gasteiger partial charge on any atom is 0.174 e. The van der Waals surface area contributed by atoms with Crippen molar-refractivity contribution in [2.24, 2.45) is 0 Å². The summed E-state index contributed by atoms with van der Waals surface area (Å²) in [5.74, 6) is 6.65. The number of aromatic nitrogens is 15. The van der Waals surface area contributed by atoms with Crippen molar-refractivity contribution in [2.75, 3.05) is 0 Å². The first kappa shape index (κ1) is 77.4. The normalized spacial score (nSPS) is 13.2. The van der Waals surface area contributed by atoms with Gasteiger partial charge in [0.05, 0.1) is 49.9 Å². The van der Waals surface area contributed by atoms with Crippen LogP contribution in [0.4, 0.5) is 0 Å². The molecule has 0 atom stereocenters. The zero-order valence-corrected chi connectivity index (χ0v) is 72.2. The highest BCUT2D eigenvalue weighted by atomic mass is 32.2. The third kappa shape index (κ3) is 14.2. The zero-order valence-electron chi connectivity index (χ0n) is 69.8. The Hall–Kier alpha value is -15.4. The van der Waals surface area contributed by atoms with Crippen LogP contribution in [-0.2, 0) is 16.8 Å². The number of thioether (sulfide) groups is 1. The highest BCUT2D eigenvalue weighted by molar-refractivity contribution is 7.99. The van der Waals surface area contributed by atoms with Crippen molar-refractivity contribution < 1.29 is 4.42 Å². The average Bonchev–Trinajstić information content (AvgIpc) is 1.58. The van der Waals surface area contributed by atoms with Gasteiger partial charge in [-0.25, -0.2) is 59.8 Å². The molecule has 3 aliphatic heterocycles. The lowest BCUT2D eigenvalue weighted by molar-refractivity contribution is 0.402. The predicted octanol–water partition coefficient (Wildman–Crippen LogP) is 27.0. The zero-order chi connectivity index (χ0) is 85.6. The molecule has 0 radical (unpaired) electrons. The van der Waals surface area contributed by atoms with Gasteiger partial charge in [-0.2, -0.15) is 0 Å². The molecular weight excluding hydrogens is 1630 g/mol. The number of hydrogen-bond acceptors (Lipinski definition) is 16. The minimum atomic E-state index is -0.261. The molecule has 19 heteroatoms. The largest absolute Gasteiger partial charge is 0.456 e. The van der Waals surface area contributed by atoms with Gasteiger partial charge in [0.15, 0.2) is 67.9 Å². The van der Waals surface area contributed by atoms with Gasteiger partial charge in [0.1, 0.15) is 11.2 Å². The van der Waals surface area contributed by atoms with Gasteiger partial charge in [-0.1, -0.05) is 314 Å². The van der Waals surface area contributed by atoms with Crippen LogP contribution in [-0.4, -0.2) is 73.5 Å². The number of benzene rings is 15. The van der Waals surface area contributed by atoms with Crippen LogP contribution in [0, 0.1) is 0 Å². The van der Waals surface area contributed by atoms with Crippen LogP contribution in [0.1, 0.15) is 44.4 Å². The molecule has 7 aromatic heterocycles. The van der Waals surface area contributed by atoms with Crippen LogP contribution in [0.2, 0.25) is 0 Å². The number of hydrogen-bond donors (Lipinski definition) is 0. The van der Waals surface area contributed by atoms with E-state index in [1.807, 2.05) is 182 Å². The number of imidazole rings is 3. The number of fused-ring (bicyclic) bond motifs is 16. The van der Waals surface area contributed by atoms with Gasteiger partial charge in [0, 0.05) is 76.4 Å². The maximum atomic E-state index is 6.19. The molecule has 0 bridgehead atoms. The second-order valence-electron chi connectivity index (χ2n) is 32.8. The number of nitrogens with zero attached hydrogens (tertiary/aromatic N) is 15. The Morgan fingerprint density at radius 3 is 1.11 bits per heavy atom. The Balaban J connectivity index is 0.000000110. The van der Waals surface area contributed by atoms with Crippen LogP contribution in [0.5, 0.6) is 0 Å². The Kier molecular flexibility index (Phi) is 19.3. The lowest BCUT2D eigenvalue weighted by atomic mass is 9.90. The van der Waals surface area contributed by atoms with Crippen molar-refractivity contribution in [3.05, 3.63) is 387 Å². The van der Waals surface area contributed by atoms with Crippen molar-refractivity contribution in [2.45, 2.75) is 69.8 Å². The molecule has 3 aliphatic rings. The van der Waals surface area contributed by atoms with E-state index < -0.39 is 0 Å². The molecule has 0 saturated carbocycles. The third-order valence-corrected chi connectivity index (χ3v) is 27.0. The summed E-state index contributed by atoms with van der Waals surface area (Å²) in [4.78, 5) is 61.6. The fourth-order valence-corrected chi connectivity index (χ4v) is 21.2. The average molecular weight is 1710 g/mol. The Morgan fingerprint density at radius 2 is 0.602 bits per heavy atom. The number of furan rings is 1. The van der Waals surface area contributed by atoms with Crippen molar-refractivity contribution >= 4 is 90.3 Å². The minimum absolute atomic E-state index is 0.223. The first-order valence-corrected chi connectivity index (χ1v) is 45.0. The molecule has 0 unspecified atom stereocenters. The van der Waals surface area contributed by atoms with Gasteiger partial charge >= 0.3 is 0 Å². The van der Waals surface area contributed by atoms with Crippen molar-refractivity contribution in [1.82, 2.24) is 73.5 Å². The van der Waals surface area contributed by atoms with Crippen LogP contribution in [0.3, 0.4) is 0 Å². The molecule has 0 aliphatic carbocycles. The summed E-state index contributed by atoms with van der Waals surface area (Å²) in [6.45, 7) is 9.12. The van der Waals surface area contributed by atoms with Gasteiger partial charge in [-0.15, -0.1) is 0 Å². The van der Waals surface area contributed by atoms with E-state index in [2.05, 4.69) is 229 Å². The standard InChI is InChI=1S/2C37H27N5S.C35H21N5OS/c1-37(2)29-23-27(20-21-32(29)43-36-38-30-18-9-10-19-31(30)42(36)37)26-16-11-17-28(22-26)35-40-33(24-12-5-3-6-13-24)39-34(41-35)25-14-7-4-8-15-25;1-37(2)29-21-20-27(23-32(29)43-36-38-30-18-9-10-19-31(30)42(36)37)26-16-11-17-28(22-26)35-40-33(24-12-5-3-6-13-24)39-34(41-35)25-14-7-4-8-15-25;1-2-8-21(9-3-1)32-37-33(39-34(38-32)23-16-17-26-25-10-4-7-13-30(25)41-31(26)19-23)22-14-15-24-20-42-35-36-27-11-5-6-12-28(27)40(35)29(24)18-22/h2*3-23H,1-2H3;1-19H,20H2. The van der Waals surface area contributed by atoms with E-state index in [4.69, 9.17) is 64.2 Å². The van der Waals surface area contributed by atoms with Gasteiger partial charge in [0.2, 0.25) is 0 Å². The second kappa shape index (κ2) is 32.0. The smallest absolute Gasteiger partial charge is 0.174 e. The summed E-state index contributed by atoms with van der Waals surface area (Å²) >= 11 is 5.24. The Morgan fingerprint density at radius 1 is 0.250 bits per heavy atom. The molecule has 0 N–H and O–H groups in total. The maximum absolute atomic E-state index is 6.19. The molecule has 22 aromatic rings. The minimum Gasteiger partial charge on any atom is -0.456 e. The topological polar surface area (TPSA) is 183 Å².